The van der Waals surface area contributed by atoms with E-state index in [4.69, 9.17) is 26.5 Å². The third-order valence-corrected chi connectivity index (χ3v) is 11.6. The van der Waals surface area contributed by atoms with Crippen LogP contribution < -0.4 is 4.74 Å². The highest BCUT2D eigenvalue weighted by atomic mass is 35.5. The summed E-state index contributed by atoms with van der Waals surface area (Å²) in [6, 6.07) is 18.6. The standard InChI is InChI=1S/C35H34ClN5O3S3/c1-39-33-29-9-10-31(36)30(33)16-25-19-46-21-41(25)37-11-13-45-18-23-15-24(40(2)38-23)20-47-26-14-22-6-3-4-7-27(22)32(17-26)44-12-5-8-28(29)34(39)35(42)43/h3-4,6-7,9-11,14-17H,5,8,12-13,18-21H2,1-2H3,(H,42,43)/b25-16+,37-11+. The molecule has 0 aliphatic carbocycles. The summed E-state index contributed by atoms with van der Waals surface area (Å²) in [6.45, 7) is 0.449. The predicted molar refractivity (Wildman–Crippen MR) is 197 cm³/mol. The van der Waals surface area contributed by atoms with Crippen LogP contribution in [0.2, 0.25) is 5.02 Å². The number of aryl methyl sites for hydroxylation is 3. The van der Waals surface area contributed by atoms with Crippen LogP contribution in [-0.4, -0.2) is 60.6 Å². The van der Waals surface area contributed by atoms with Crippen molar-refractivity contribution in [1.82, 2.24) is 19.4 Å². The van der Waals surface area contributed by atoms with Crippen molar-refractivity contribution in [3.8, 4) is 5.75 Å². The third kappa shape index (κ3) is 6.63. The Kier molecular flexibility index (Phi) is 9.49. The molecule has 2 aliphatic rings. The van der Waals surface area contributed by atoms with Crippen molar-refractivity contribution in [2.24, 2.45) is 19.2 Å². The SMILES string of the molecule is Cn1nc2cc1CSc1cc(c3ccccc3c1)OCCCc1c(C(=O)O)n(C)c3c(c(Cl)ccc13)/C=C1\CSCN1/N=C/CSC2. The van der Waals surface area contributed by atoms with Gasteiger partial charge >= 0.3 is 5.97 Å². The highest BCUT2D eigenvalue weighted by Gasteiger charge is 2.24. The molecule has 242 valence electrons. The van der Waals surface area contributed by atoms with Gasteiger partial charge in [0.25, 0.3) is 0 Å². The molecular weight excluding hydrogens is 670 g/mol. The number of hydrogen-bond donors (Lipinski definition) is 1. The molecule has 7 rings (SSSR count). The average Bonchev–Trinajstić information content (AvgIpc) is 3.73. The van der Waals surface area contributed by atoms with E-state index in [1.807, 2.05) is 54.3 Å². The van der Waals surface area contributed by atoms with Gasteiger partial charge < -0.3 is 14.4 Å². The molecule has 8 nitrogen and oxygen atoms in total. The first kappa shape index (κ1) is 32.1. The van der Waals surface area contributed by atoms with Crippen LogP contribution in [-0.2, 0) is 32.0 Å². The lowest BCUT2D eigenvalue weighted by Gasteiger charge is -2.13. The molecule has 1 saturated heterocycles. The van der Waals surface area contributed by atoms with Gasteiger partial charge in [0.15, 0.2) is 0 Å². The number of aromatic carboxylic acids is 1. The Labute approximate surface area is 291 Å². The molecule has 12 heteroatoms. The number of fused-ring (bicyclic) bond motifs is 7. The van der Waals surface area contributed by atoms with Crippen LogP contribution in [0.5, 0.6) is 5.75 Å². The Morgan fingerprint density at radius 1 is 1.02 bits per heavy atom. The number of aromatic nitrogens is 3. The first-order chi connectivity index (χ1) is 22.9. The first-order valence-corrected chi connectivity index (χ1v) is 19.0. The highest BCUT2D eigenvalue weighted by Crippen LogP contribution is 2.37. The molecule has 8 bridgehead atoms. The van der Waals surface area contributed by atoms with E-state index < -0.39 is 5.97 Å². The van der Waals surface area contributed by atoms with Gasteiger partial charge in [-0.25, -0.2) is 4.79 Å². The number of thioether (sulfide) groups is 3. The number of ether oxygens (including phenoxy) is 1. The van der Waals surface area contributed by atoms with Crippen molar-refractivity contribution in [3.63, 3.8) is 0 Å². The maximum absolute atomic E-state index is 12.6. The molecule has 0 spiro atoms. The molecule has 0 saturated carbocycles. The number of hydrogen-bond acceptors (Lipinski definition) is 8. The van der Waals surface area contributed by atoms with E-state index in [-0.39, 0.29) is 5.69 Å². The normalized spacial score (nSPS) is 18.0. The van der Waals surface area contributed by atoms with Crippen molar-refractivity contribution in [2.45, 2.75) is 29.2 Å². The minimum atomic E-state index is -0.956. The second kappa shape index (κ2) is 13.9. The molecule has 0 atom stereocenters. The Morgan fingerprint density at radius 2 is 1.89 bits per heavy atom. The quantitative estimate of drug-likeness (QED) is 0.187. The van der Waals surface area contributed by atoms with E-state index >= 15 is 0 Å². The minimum Gasteiger partial charge on any atom is -0.493 e. The van der Waals surface area contributed by atoms with Crippen molar-refractivity contribution >= 4 is 86.8 Å². The number of carboxylic acids is 1. The Bertz CT molecular complexity index is 2050. The van der Waals surface area contributed by atoms with E-state index in [2.05, 4.69) is 36.4 Å². The smallest absolute Gasteiger partial charge is 0.352 e. The summed E-state index contributed by atoms with van der Waals surface area (Å²) >= 11 is 12.2. The zero-order chi connectivity index (χ0) is 32.5. The topological polar surface area (TPSA) is 84.9 Å². The highest BCUT2D eigenvalue weighted by molar-refractivity contribution is 7.99. The van der Waals surface area contributed by atoms with E-state index in [1.54, 1.807) is 39.9 Å². The zero-order valence-corrected chi connectivity index (χ0v) is 29.3. The van der Waals surface area contributed by atoms with Crippen LogP contribution in [0.3, 0.4) is 0 Å². The summed E-state index contributed by atoms with van der Waals surface area (Å²) in [4.78, 5) is 13.7. The van der Waals surface area contributed by atoms with Gasteiger partial charge in [0.1, 0.15) is 11.4 Å². The molecule has 2 aromatic heterocycles. The van der Waals surface area contributed by atoms with E-state index in [0.29, 0.717) is 24.5 Å². The number of rotatable bonds is 1. The molecule has 0 amide bonds. The molecule has 5 aromatic rings. The summed E-state index contributed by atoms with van der Waals surface area (Å²) in [5.41, 5.74) is 5.96. The summed E-state index contributed by atoms with van der Waals surface area (Å²) in [7, 11) is 3.82. The summed E-state index contributed by atoms with van der Waals surface area (Å²) in [5.74, 6) is 3.77. The van der Waals surface area contributed by atoms with Gasteiger partial charge in [-0.1, -0.05) is 41.9 Å². The number of halogens is 1. The van der Waals surface area contributed by atoms with Gasteiger partial charge in [0.05, 0.1) is 23.7 Å². The molecular formula is C35H34ClN5O3S3. The first-order valence-electron chi connectivity index (χ1n) is 15.4. The summed E-state index contributed by atoms with van der Waals surface area (Å²) in [6.07, 6.45) is 5.22. The third-order valence-electron chi connectivity index (χ3n) is 8.46. The number of benzene rings is 3. The van der Waals surface area contributed by atoms with Crippen LogP contribution in [0.15, 0.2) is 70.3 Å². The van der Waals surface area contributed by atoms with Crippen LogP contribution in [0.25, 0.3) is 27.8 Å². The molecule has 3 aromatic carbocycles. The lowest BCUT2D eigenvalue weighted by atomic mass is 10.0. The van der Waals surface area contributed by atoms with Crippen LogP contribution in [0.1, 0.15) is 39.4 Å². The van der Waals surface area contributed by atoms with Gasteiger partial charge in [0, 0.05) is 81.0 Å². The maximum atomic E-state index is 12.6. The van der Waals surface area contributed by atoms with Gasteiger partial charge in [-0.3, -0.25) is 9.69 Å². The average molecular weight is 704 g/mol. The summed E-state index contributed by atoms with van der Waals surface area (Å²) in [5, 5.41) is 25.5. The van der Waals surface area contributed by atoms with Gasteiger partial charge in [0.2, 0.25) is 0 Å². The van der Waals surface area contributed by atoms with Crippen LogP contribution in [0, 0.1) is 0 Å². The molecule has 1 N–H and O–H groups in total. The minimum absolute atomic E-state index is 0.280. The van der Waals surface area contributed by atoms with Gasteiger partial charge in [-0.05, 0) is 54.1 Å². The molecule has 4 heterocycles. The van der Waals surface area contributed by atoms with Crippen LogP contribution in [0.4, 0.5) is 0 Å². The van der Waals surface area contributed by atoms with Crippen LogP contribution >= 0.6 is 46.9 Å². The second-order valence-electron chi connectivity index (χ2n) is 11.5. The van der Waals surface area contributed by atoms with Crippen molar-refractivity contribution < 1.29 is 14.6 Å². The predicted octanol–water partition coefficient (Wildman–Crippen LogP) is 8.30. The van der Waals surface area contributed by atoms with Gasteiger partial charge in [-0.2, -0.15) is 10.2 Å². The van der Waals surface area contributed by atoms with E-state index in [0.717, 1.165) is 83.7 Å². The fourth-order valence-corrected chi connectivity index (χ4v) is 9.01. The Morgan fingerprint density at radius 3 is 2.77 bits per heavy atom. The zero-order valence-electron chi connectivity index (χ0n) is 26.1. The summed E-state index contributed by atoms with van der Waals surface area (Å²) < 4.78 is 10.2. The molecule has 47 heavy (non-hydrogen) atoms. The van der Waals surface area contributed by atoms with Gasteiger partial charge in [-0.15, -0.1) is 35.3 Å². The molecule has 0 unspecified atom stereocenters. The number of hydrazone groups is 1. The molecule has 2 aliphatic heterocycles. The van der Waals surface area contributed by atoms with E-state index in [9.17, 15) is 9.90 Å². The maximum Gasteiger partial charge on any atom is 0.352 e. The largest absolute Gasteiger partial charge is 0.493 e. The van der Waals surface area contributed by atoms with Crippen molar-refractivity contribution in [2.75, 3.05) is 24.0 Å². The number of carbonyl (C=O) groups is 1. The second-order valence-corrected chi connectivity index (χ2v) is 14.9. The Hall–Kier alpha value is -3.51. The fourth-order valence-electron chi connectivity index (χ4n) is 6.24. The molecule has 1 fully saturated rings. The lowest BCUT2D eigenvalue weighted by Crippen LogP contribution is -2.11. The lowest BCUT2D eigenvalue weighted by molar-refractivity contribution is 0.0685. The Balaban J connectivity index is 1.27. The van der Waals surface area contributed by atoms with E-state index in [1.165, 1.54) is 5.69 Å². The molecule has 0 radical (unpaired) electrons. The monoisotopic (exact) mass is 703 g/mol. The van der Waals surface area contributed by atoms with Crippen molar-refractivity contribution in [1.29, 1.82) is 0 Å². The number of carboxylic acid groups (broad SMARTS) is 1. The fraction of sp³-hybridized carbons (Fsp3) is 0.286. The number of nitrogens with zero attached hydrogens (tertiary/aromatic N) is 5. The van der Waals surface area contributed by atoms with Crippen molar-refractivity contribution in [3.05, 3.63) is 93.5 Å².